The van der Waals surface area contributed by atoms with Crippen LogP contribution >= 0.6 is 0 Å². The molecule has 3 aromatic rings. The molecule has 0 fully saturated rings. The molecule has 1 N–H and O–H groups in total. The van der Waals surface area contributed by atoms with Crippen molar-refractivity contribution in [3.05, 3.63) is 65.2 Å². The van der Waals surface area contributed by atoms with Gasteiger partial charge in [0, 0.05) is 49.7 Å². The van der Waals surface area contributed by atoms with E-state index in [0.717, 1.165) is 31.0 Å². The minimum Gasteiger partial charge on any atom is -0.376 e. The van der Waals surface area contributed by atoms with E-state index in [4.69, 9.17) is 4.74 Å². The Balaban J connectivity index is 1.43. The molecule has 25 heavy (non-hydrogen) atoms. The summed E-state index contributed by atoms with van der Waals surface area (Å²) in [7, 11) is 2.02. The number of fused-ring (bicyclic) bond motifs is 1. The van der Waals surface area contributed by atoms with Crippen molar-refractivity contribution in [1.29, 1.82) is 0 Å². The molecular formula is C19H23N5O. The van der Waals surface area contributed by atoms with Crippen LogP contribution in [0.1, 0.15) is 35.5 Å². The van der Waals surface area contributed by atoms with E-state index in [1.165, 1.54) is 16.8 Å². The molecule has 6 heteroatoms. The Morgan fingerprint density at radius 2 is 2.12 bits per heavy atom. The minimum absolute atomic E-state index is 0.244. The van der Waals surface area contributed by atoms with Crippen molar-refractivity contribution in [3.8, 4) is 5.69 Å². The van der Waals surface area contributed by atoms with Gasteiger partial charge in [-0.3, -0.25) is 4.68 Å². The molecule has 0 saturated heterocycles. The Morgan fingerprint density at radius 3 is 2.88 bits per heavy atom. The summed E-state index contributed by atoms with van der Waals surface area (Å²) in [6.45, 7) is 4.38. The Bertz CT molecular complexity index is 836. The van der Waals surface area contributed by atoms with Gasteiger partial charge in [0.25, 0.3) is 0 Å². The van der Waals surface area contributed by atoms with E-state index >= 15 is 0 Å². The van der Waals surface area contributed by atoms with Gasteiger partial charge >= 0.3 is 0 Å². The molecule has 0 bridgehead atoms. The van der Waals surface area contributed by atoms with Gasteiger partial charge in [-0.05, 0) is 30.7 Å². The van der Waals surface area contributed by atoms with Crippen LogP contribution in [0, 0.1) is 0 Å². The molecule has 1 unspecified atom stereocenters. The van der Waals surface area contributed by atoms with E-state index < -0.39 is 0 Å². The van der Waals surface area contributed by atoms with Crippen LogP contribution in [-0.4, -0.2) is 26.2 Å². The van der Waals surface area contributed by atoms with Crippen LogP contribution in [0.25, 0.3) is 5.69 Å². The number of hydrogen-bond acceptors (Lipinski definition) is 4. The molecule has 3 heterocycles. The summed E-state index contributed by atoms with van der Waals surface area (Å²) in [6, 6.07) is 10.6. The van der Waals surface area contributed by atoms with E-state index in [-0.39, 0.29) is 6.04 Å². The molecule has 0 saturated carbocycles. The highest BCUT2D eigenvalue weighted by Crippen LogP contribution is 2.21. The van der Waals surface area contributed by atoms with Gasteiger partial charge in [-0.2, -0.15) is 10.2 Å². The molecule has 4 rings (SSSR count). The molecule has 1 aliphatic heterocycles. The fourth-order valence-corrected chi connectivity index (χ4v) is 3.33. The molecule has 0 aliphatic carbocycles. The molecule has 2 aromatic heterocycles. The van der Waals surface area contributed by atoms with Crippen molar-refractivity contribution in [2.75, 3.05) is 6.61 Å². The maximum Gasteiger partial charge on any atom is 0.0820 e. The van der Waals surface area contributed by atoms with Crippen LogP contribution in [0.15, 0.2) is 42.7 Å². The second kappa shape index (κ2) is 6.82. The summed E-state index contributed by atoms with van der Waals surface area (Å²) in [4.78, 5) is 0. The SMILES string of the molecule is CC(NCc1nn(C)c2c1COCC2)c1ccc(-n2cccn2)cc1. The molecular weight excluding hydrogens is 314 g/mol. The predicted octanol–water partition coefficient (Wildman–Crippen LogP) is 2.53. The van der Waals surface area contributed by atoms with E-state index in [1.807, 2.05) is 28.7 Å². The van der Waals surface area contributed by atoms with Gasteiger partial charge in [0.1, 0.15) is 0 Å². The monoisotopic (exact) mass is 337 g/mol. The summed E-state index contributed by atoms with van der Waals surface area (Å²) in [5.41, 5.74) is 5.97. The van der Waals surface area contributed by atoms with E-state index in [9.17, 15) is 0 Å². The largest absolute Gasteiger partial charge is 0.376 e. The Morgan fingerprint density at radius 1 is 1.28 bits per heavy atom. The summed E-state index contributed by atoms with van der Waals surface area (Å²) in [6.07, 6.45) is 4.68. The van der Waals surface area contributed by atoms with Gasteiger partial charge < -0.3 is 10.1 Å². The van der Waals surface area contributed by atoms with Gasteiger partial charge in [0.05, 0.1) is 24.6 Å². The Labute approximate surface area is 147 Å². The highest BCUT2D eigenvalue weighted by Gasteiger charge is 2.20. The first-order valence-corrected chi connectivity index (χ1v) is 8.67. The molecule has 1 aromatic carbocycles. The summed E-state index contributed by atoms with van der Waals surface area (Å²) < 4.78 is 9.46. The number of nitrogens with one attached hydrogen (secondary N) is 1. The van der Waals surface area contributed by atoms with Crippen molar-refractivity contribution in [2.45, 2.75) is 32.5 Å². The van der Waals surface area contributed by atoms with Crippen molar-refractivity contribution in [3.63, 3.8) is 0 Å². The van der Waals surface area contributed by atoms with Crippen LogP contribution < -0.4 is 5.32 Å². The predicted molar refractivity (Wildman–Crippen MR) is 95.4 cm³/mol. The van der Waals surface area contributed by atoms with Crippen molar-refractivity contribution >= 4 is 0 Å². The highest BCUT2D eigenvalue weighted by molar-refractivity contribution is 5.35. The zero-order valence-corrected chi connectivity index (χ0v) is 14.6. The summed E-state index contributed by atoms with van der Waals surface area (Å²) in [5, 5.41) is 12.5. The molecule has 0 radical (unpaired) electrons. The van der Waals surface area contributed by atoms with Crippen molar-refractivity contribution < 1.29 is 4.74 Å². The Kier molecular flexibility index (Phi) is 4.38. The van der Waals surface area contributed by atoms with Gasteiger partial charge in [-0.1, -0.05) is 12.1 Å². The number of aromatic nitrogens is 4. The fourth-order valence-electron chi connectivity index (χ4n) is 3.33. The standard InChI is InChI=1S/C19H23N5O/c1-14(15-4-6-16(7-5-15)24-10-3-9-21-24)20-12-18-17-13-25-11-8-19(17)23(2)22-18/h3-7,9-10,14,20H,8,11-13H2,1-2H3. The third kappa shape index (κ3) is 3.23. The molecule has 0 amide bonds. The smallest absolute Gasteiger partial charge is 0.0820 e. The third-order valence-corrected chi connectivity index (χ3v) is 4.83. The maximum atomic E-state index is 5.60. The topological polar surface area (TPSA) is 56.9 Å². The lowest BCUT2D eigenvalue weighted by Crippen LogP contribution is -2.20. The van der Waals surface area contributed by atoms with Crippen LogP contribution in [0.5, 0.6) is 0 Å². The summed E-state index contributed by atoms with van der Waals surface area (Å²) >= 11 is 0. The van der Waals surface area contributed by atoms with Crippen LogP contribution in [0.2, 0.25) is 0 Å². The molecule has 0 spiro atoms. The zero-order chi connectivity index (χ0) is 17.2. The fraction of sp³-hybridized carbons (Fsp3) is 0.368. The lowest BCUT2D eigenvalue weighted by Gasteiger charge is -2.16. The molecule has 1 aliphatic rings. The zero-order valence-electron chi connectivity index (χ0n) is 14.6. The number of rotatable bonds is 5. The number of nitrogens with zero attached hydrogens (tertiary/aromatic N) is 4. The first kappa shape index (κ1) is 16.1. The molecule has 6 nitrogen and oxygen atoms in total. The van der Waals surface area contributed by atoms with Gasteiger partial charge in [-0.25, -0.2) is 4.68 Å². The number of ether oxygens (including phenoxy) is 1. The second-order valence-corrected chi connectivity index (χ2v) is 6.44. The molecule has 1 atom stereocenters. The van der Waals surface area contributed by atoms with E-state index in [0.29, 0.717) is 6.61 Å². The summed E-state index contributed by atoms with van der Waals surface area (Å²) in [5.74, 6) is 0. The average Bonchev–Trinajstić information content (AvgIpc) is 3.29. The van der Waals surface area contributed by atoms with E-state index in [2.05, 4.69) is 46.7 Å². The minimum atomic E-state index is 0.244. The normalized spacial score (nSPS) is 15.1. The quantitative estimate of drug-likeness (QED) is 0.777. The Hall–Kier alpha value is -2.44. The van der Waals surface area contributed by atoms with Crippen molar-refractivity contribution in [2.24, 2.45) is 7.05 Å². The lowest BCUT2D eigenvalue weighted by atomic mass is 10.1. The van der Waals surface area contributed by atoms with Gasteiger partial charge in [0.2, 0.25) is 0 Å². The highest BCUT2D eigenvalue weighted by atomic mass is 16.5. The van der Waals surface area contributed by atoms with Crippen LogP contribution in [-0.2, 0) is 31.4 Å². The number of aryl methyl sites for hydroxylation is 1. The lowest BCUT2D eigenvalue weighted by molar-refractivity contribution is 0.108. The van der Waals surface area contributed by atoms with Crippen LogP contribution in [0.4, 0.5) is 0 Å². The maximum absolute atomic E-state index is 5.60. The average molecular weight is 337 g/mol. The van der Waals surface area contributed by atoms with Crippen molar-refractivity contribution in [1.82, 2.24) is 24.9 Å². The second-order valence-electron chi connectivity index (χ2n) is 6.44. The van der Waals surface area contributed by atoms with Crippen LogP contribution in [0.3, 0.4) is 0 Å². The first-order valence-electron chi connectivity index (χ1n) is 8.67. The third-order valence-electron chi connectivity index (χ3n) is 4.83. The number of hydrogen-bond donors (Lipinski definition) is 1. The van der Waals surface area contributed by atoms with Gasteiger partial charge in [-0.15, -0.1) is 0 Å². The number of benzene rings is 1. The molecule has 130 valence electrons. The van der Waals surface area contributed by atoms with Gasteiger partial charge in [0.15, 0.2) is 0 Å². The van der Waals surface area contributed by atoms with E-state index in [1.54, 1.807) is 6.20 Å². The first-order chi connectivity index (χ1) is 12.2.